The molecule has 0 amide bonds. The first-order chi connectivity index (χ1) is 7.43. The van der Waals surface area contributed by atoms with Crippen LogP contribution in [0.15, 0.2) is 0 Å². The van der Waals surface area contributed by atoms with Gasteiger partial charge < -0.3 is 9.47 Å². The first-order valence-electron chi connectivity index (χ1n) is 6.22. The van der Waals surface area contributed by atoms with Crippen molar-refractivity contribution < 1.29 is 9.47 Å². The summed E-state index contributed by atoms with van der Waals surface area (Å²) in [6, 6.07) is 0. The summed E-state index contributed by atoms with van der Waals surface area (Å²) in [6.45, 7) is 1.76. The van der Waals surface area contributed by atoms with E-state index in [2.05, 4.69) is 15.9 Å². The highest BCUT2D eigenvalue weighted by Crippen LogP contribution is 2.14. The Bertz CT molecular complexity index is 136. The zero-order valence-electron chi connectivity index (χ0n) is 9.55. The van der Waals surface area contributed by atoms with Crippen molar-refractivity contribution in [1.82, 2.24) is 0 Å². The molecule has 1 fully saturated rings. The van der Waals surface area contributed by atoms with Crippen molar-refractivity contribution in [3.63, 3.8) is 0 Å². The molecule has 1 saturated heterocycles. The minimum atomic E-state index is 0.0984. The van der Waals surface area contributed by atoms with Gasteiger partial charge in [0.25, 0.3) is 0 Å². The molecule has 3 heteroatoms. The van der Waals surface area contributed by atoms with Crippen molar-refractivity contribution in [1.29, 1.82) is 0 Å². The Morgan fingerprint density at radius 1 is 1.07 bits per heavy atom. The van der Waals surface area contributed by atoms with Crippen molar-refractivity contribution in [2.45, 2.75) is 57.7 Å². The maximum absolute atomic E-state index is 5.66. The molecule has 0 bridgehead atoms. The molecule has 2 nitrogen and oxygen atoms in total. The largest absolute Gasteiger partial charge is 0.353 e. The van der Waals surface area contributed by atoms with Crippen molar-refractivity contribution in [3.8, 4) is 0 Å². The maximum atomic E-state index is 5.66. The summed E-state index contributed by atoms with van der Waals surface area (Å²) in [5, 5.41) is 1.14. The summed E-state index contributed by atoms with van der Waals surface area (Å²) in [7, 11) is 0. The van der Waals surface area contributed by atoms with E-state index in [1.807, 2.05) is 0 Å². The van der Waals surface area contributed by atoms with Gasteiger partial charge in [0, 0.05) is 18.5 Å². The lowest BCUT2D eigenvalue weighted by molar-refractivity contribution is -0.162. The summed E-state index contributed by atoms with van der Waals surface area (Å²) in [6.07, 6.45) is 10.1. The maximum Gasteiger partial charge on any atom is 0.157 e. The highest BCUT2D eigenvalue weighted by atomic mass is 79.9. The predicted molar refractivity (Wildman–Crippen MR) is 66.4 cm³/mol. The SMILES string of the molecule is BrCCCCCCCO[C@@H]1CCCCO1. The van der Waals surface area contributed by atoms with Gasteiger partial charge in [0.05, 0.1) is 0 Å². The van der Waals surface area contributed by atoms with E-state index < -0.39 is 0 Å². The standard InChI is InChI=1S/C12H23BrO2/c13-9-5-2-1-3-6-10-14-12-8-4-7-11-15-12/h12H,1-11H2/t12-/m0/s1. The van der Waals surface area contributed by atoms with E-state index in [1.54, 1.807) is 0 Å². The summed E-state index contributed by atoms with van der Waals surface area (Å²) < 4.78 is 11.2. The molecule has 1 rings (SSSR count). The second-order valence-electron chi connectivity index (χ2n) is 4.12. The van der Waals surface area contributed by atoms with Gasteiger partial charge in [-0.1, -0.05) is 35.2 Å². The lowest BCUT2D eigenvalue weighted by Gasteiger charge is -2.22. The molecule has 0 N–H and O–H groups in total. The van der Waals surface area contributed by atoms with E-state index >= 15 is 0 Å². The molecule has 0 aromatic rings. The van der Waals surface area contributed by atoms with E-state index in [4.69, 9.17) is 9.47 Å². The van der Waals surface area contributed by atoms with Crippen LogP contribution in [0.2, 0.25) is 0 Å². The van der Waals surface area contributed by atoms with Crippen LogP contribution >= 0.6 is 15.9 Å². The lowest BCUT2D eigenvalue weighted by atomic mass is 10.2. The Hall–Kier alpha value is 0.400. The van der Waals surface area contributed by atoms with Crippen molar-refractivity contribution in [2.24, 2.45) is 0 Å². The Labute approximate surface area is 102 Å². The quantitative estimate of drug-likeness (QED) is 0.496. The summed E-state index contributed by atoms with van der Waals surface area (Å²) in [5.74, 6) is 0. The molecule has 0 spiro atoms. The van der Waals surface area contributed by atoms with Crippen LogP contribution in [-0.4, -0.2) is 24.8 Å². The molecule has 1 aliphatic rings. The van der Waals surface area contributed by atoms with Crippen molar-refractivity contribution in [2.75, 3.05) is 18.5 Å². The fourth-order valence-electron chi connectivity index (χ4n) is 1.78. The van der Waals surface area contributed by atoms with E-state index in [9.17, 15) is 0 Å². The van der Waals surface area contributed by atoms with E-state index in [1.165, 1.54) is 44.9 Å². The van der Waals surface area contributed by atoms with Gasteiger partial charge in [-0.2, -0.15) is 0 Å². The van der Waals surface area contributed by atoms with Crippen molar-refractivity contribution >= 4 is 15.9 Å². The van der Waals surface area contributed by atoms with Gasteiger partial charge in [0.15, 0.2) is 6.29 Å². The lowest BCUT2D eigenvalue weighted by Crippen LogP contribution is -2.22. The molecule has 15 heavy (non-hydrogen) atoms. The molecule has 0 radical (unpaired) electrons. The van der Waals surface area contributed by atoms with Crippen LogP contribution in [0, 0.1) is 0 Å². The van der Waals surface area contributed by atoms with Crippen LogP contribution in [0.3, 0.4) is 0 Å². The summed E-state index contributed by atoms with van der Waals surface area (Å²) >= 11 is 3.44. The van der Waals surface area contributed by atoms with Gasteiger partial charge in [-0.15, -0.1) is 0 Å². The first kappa shape index (κ1) is 13.5. The van der Waals surface area contributed by atoms with Crippen LogP contribution in [0.4, 0.5) is 0 Å². The average Bonchev–Trinajstić information content (AvgIpc) is 2.29. The van der Waals surface area contributed by atoms with E-state index in [0.717, 1.165) is 25.0 Å². The van der Waals surface area contributed by atoms with Gasteiger partial charge in [0.1, 0.15) is 0 Å². The molecular formula is C12H23BrO2. The fraction of sp³-hybridized carbons (Fsp3) is 1.00. The normalized spacial score (nSPS) is 21.8. The van der Waals surface area contributed by atoms with Gasteiger partial charge in [-0.25, -0.2) is 0 Å². The Kier molecular flexibility index (Phi) is 8.63. The Morgan fingerprint density at radius 2 is 1.87 bits per heavy atom. The average molecular weight is 279 g/mol. The number of halogens is 1. The number of ether oxygens (including phenoxy) is 2. The summed E-state index contributed by atoms with van der Waals surface area (Å²) in [5.41, 5.74) is 0. The highest BCUT2D eigenvalue weighted by Gasteiger charge is 2.12. The minimum Gasteiger partial charge on any atom is -0.353 e. The first-order valence-corrected chi connectivity index (χ1v) is 7.35. The highest BCUT2D eigenvalue weighted by molar-refractivity contribution is 9.09. The second-order valence-corrected chi connectivity index (χ2v) is 4.92. The van der Waals surface area contributed by atoms with E-state index in [-0.39, 0.29) is 6.29 Å². The van der Waals surface area contributed by atoms with Gasteiger partial charge in [-0.05, 0) is 32.1 Å². The van der Waals surface area contributed by atoms with Gasteiger partial charge >= 0.3 is 0 Å². The number of hydrogen-bond acceptors (Lipinski definition) is 2. The molecule has 0 saturated carbocycles. The molecule has 90 valence electrons. The molecule has 1 atom stereocenters. The van der Waals surface area contributed by atoms with Gasteiger partial charge in [-0.3, -0.25) is 0 Å². The third kappa shape index (κ3) is 7.31. The van der Waals surface area contributed by atoms with Crippen molar-refractivity contribution in [3.05, 3.63) is 0 Å². The van der Waals surface area contributed by atoms with E-state index in [0.29, 0.717) is 0 Å². The zero-order valence-corrected chi connectivity index (χ0v) is 11.1. The molecule has 1 aliphatic heterocycles. The Morgan fingerprint density at radius 3 is 2.60 bits per heavy atom. The fourth-order valence-corrected chi connectivity index (χ4v) is 2.18. The van der Waals surface area contributed by atoms with Crippen LogP contribution in [0.1, 0.15) is 51.4 Å². The van der Waals surface area contributed by atoms with Crippen LogP contribution < -0.4 is 0 Å². The third-order valence-corrected chi connectivity index (χ3v) is 3.28. The minimum absolute atomic E-state index is 0.0984. The van der Waals surface area contributed by atoms with Crippen LogP contribution in [0.5, 0.6) is 0 Å². The summed E-state index contributed by atoms with van der Waals surface area (Å²) in [4.78, 5) is 0. The molecule has 0 aliphatic carbocycles. The number of rotatable bonds is 8. The monoisotopic (exact) mass is 278 g/mol. The zero-order chi connectivity index (χ0) is 10.8. The molecule has 0 aromatic carbocycles. The smallest absolute Gasteiger partial charge is 0.157 e. The van der Waals surface area contributed by atoms with Gasteiger partial charge in [0.2, 0.25) is 0 Å². The molecular weight excluding hydrogens is 256 g/mol. The van der Waals surface area contributed by atoms with Crippen LogP contribution in [0.25, 0.3) is 0 Å². The third-order valence-electron chi connectivity index (χ3n) is 2.72. The number of alkyl halides is 1. The molecule has 0 aromatic heterocycles. The molecule has 0 unspecified atom stereocenters. The Balaban J connectivity index is 1.79. The predicted octanol–water partition coefficient (Wildman–Crippen LogP) is 3.88. The van der Waals surface area contributed by atoms with Crippen LogP contribution in [-0.2, 0) is 9.47 Å². The topological polar surface area (TPSA) is 18.5 Å². The second kappa shape index (κ2) is 9.61. The number of unbranched alkanes of at least 4 members (excludes halogenated alkanes) is 4. The molecule has 1 heterocycles. The number of hydrogen-bond donors (Lipinski definition) is 0.